The number of hydrogen-bond donors (Lipinski definition) is 3. The molecule has 0 atom stereocenters. The molecule has 31 heavy (non-hydrogen) atoms. The summed E-state index contributed by atoms with van der Waals surface area (Å²) < 4.78 is 1.73. The van der Waals surface area contributed by atoms with Gasteiger partial charge in [0.2, 0.25) is 0 Å². The van der Waals surface area contributed by atoms with Gasteiger partial charge in [0.1, 0.15) is 0 Å². The van der Waals surface area contributed by atoms with E-state index in [2.05, 4.69) is 20.3 Å². The number of nitrogen functional groups attached to an aromatic ring is 1. The number of nitrogens with two attached hydrogens (primary N) is 2. The average Bonchev–Trinajstić information content (AvgIpc) is 3.46. The summed E-state index contributed by atoms with van der Waals surface area (Å²) in [6.07, 6.45) is 5.25. The molecule has 0 fully saturated rings. The van der Waals surface area contributed by atoms with Crippen LogP contribution in [0.2, 0.25) is 0 Å². The molecule has 3 heterocycles. The zero-order valence-electron chi connectivity index (χ0n) is 16.6. The minimum absolute atomic E-state index is 0.0237. The summed E-state index contributed by atoms with van der Waals surface area (Å²) in [5.41, 5.74) is 16.6. The number of nitrogens with zero attached hydrogens (tertiary/aromatic N) is 5. The van der Waals surface area contributed by atoms with Crippen LogP contribution in [0.25, 0.3) is 39.2 Å². The molecule has 0 unspecified atom stereocenters. The topological polar surface area (TPSA) is 141 Å². The molecule has 3 aromatic heterocycles. The summed E-state index contributed by atoms with van der Waals surface area (Å²) in [6.45, 7) is 1.95. The molecular formula is C22H18N8O. The maximum Gasteiger partial charge on any atom is 0.269 e. The SMILES string of the molecule is Cc1ccc2[nH]ncc2c1-c1nc(-c2cccc(-n3cccn3)c2)nc(C(N)=O)c1N. The van der Waals surface area contributed by atoms with Crippen LogP contribution in [-0.4, -0.2) is 35.9 Å². The fourth-order valence-corrected chi connectivity index (χ4v) is 3.63. The smallest absolute Gasteiger partial charge is 0.269 e. The second kappa shape index (κ2) is 7.06. The maximum absolute atomic E-state index is 12.2. The molecule has 0 bridgehead atoms. The van der Waals surface area contributed by atoms with Gasteiger partial charge in [-0.15, -0.1) is 0 Å². The maximum atomic E-state index is 12.2. The molecule has 0 saturated carbocycles. The summed E-state index contributed by atoms with van der Waals surface area (Å²) in [5.74, 6) is -0.380. The summed E-state index contributed by atoms with van der Waals surface area (Å²) in [6, 6.07) is 13.2. The van der Waals surface area contributed by atoms with Crippen molar-refractivity contribution in [1.82, 2.24) is 29.9 Å². The van der Waals surface area contributed by atoms with Crippen LogP contribution in [0.15, 0.2) is 61.1 Å². The van der Waals surface area contributed by atoms with Gasteiger partial charge in [0.05, 0.1) is 28.8 Å². The van der Waals surface area contributed by atoms with E-state index in [0.29, 0.717) is 17.1 Å². The van der Waals surface area contributed by atoms with Crippen LogP contribution in [0.4, 0.5) is 5.69 Å². The number of rotatable bonds is 4. The molecule has 0 saturated heterocycles. The molecule has 0 aliphatic carbocycles. The monoisotopic (exact) mass is 410 g/mol. The van der Waals surface area contributed by atoms with Crippen molar-refractivity contribution < 1.29 is 4.79 Å². The first-order chi connectivity index (χ1) is 15.0. The average molecular weight is 410 g/mol. The first-order valence-corrected chi connectivity index (χ1v) is 9.54. The number of H-pyrrole nitrogens is 1. The van der Waals surface area contributed by atoms with Crippen molar-refractivity contribution in [2.75, 3.05) is 5.73 Å². The van der Waals surface area contributed by atoms with Crippen molar-refractivity contribution in [2.24, 2.45) is 5.73 Å². The number of nitrogens with one attached hydrogen (secondary N) is 1. The van der Waals surface area contributed by atoms with Gasteiger partial charge in [-0.05, 0) is 36.8 Å². The molecule has 152 valence electrons. The fraction of sp³-hybridized carbons (Fsp3) is 0.0455. The Morgan fingerprint density at radius 2 is 2.00 bits per heavy atom. The van der Waals surface area contributed by atoms with Crippen LogP contribution in [0, 0.1) is 6.92 Å². The normalized spacial score (nSPS) is 11.1. The Kier molecular flexibility index (Phi) is 4.21. The quantitative estimate of drug-likeness (QED) is 0.416. The number of carbonyl (C=O) groups excluding carboxylic acids is 1. The number of primary amides is 1. The number of aryl methyl sites for hydroxylation is 1. The van der Waals surface area contributed by atoms with Crippen LogP contribution in [0.1, 0.15) is 16.1 Å². The minimum Gasteiger partial charge on any atom is -0.395 e. The number of carbonyl (C=O) groups is 1. The number of amides is 1. The van der Waals surface area contributed by atoms with Crippen molar-refractivity contribution in [1.29, 1.82) is 0 Å². The van der Waals surface area contributed by atoms with Crippen LogP contribution in [0.5, 0.6) is 0 Å². The molecule has 1 amide bonds. The van der Waals surface area contributed by atoms with Crippen LogP contribution >= 0.6 is 0 Å². The van der Waals surface area contributed by atoms with Crippen molar-refractivity contribution in [2.45, 2.75) is 6.92 Å². The highest BCUT2D eigenvalue weighted by Crippen LogP contribution is 2.35. The Labute approximate surface area is 176 Å². The second-order valence-electron chi connectivity index (χ2n) is 7.11. The van der Waals surface area contributed by atoms with Crippen LogP contribution < -0.4 is 11.5 Å². The minimum atomic E-state index is -0.720. The van der Waals surface area contributed by atoms with Crippen LogP contribution in [-0.2, 0) is 0 Å². The van der Waals surface area contributed by atoms with E-state index >= 15 is 0 Å². The van der Waals surface area contributed by atoms with E-state index in [0.717, 1.165) is 27.7 Å². The lowest BCUT2D eigenvalue weighted by atomic mass is 9.99. The van der Waals surface area contributed by atoms with E-state index in [1.54, 1.807) is 17.1 Å². The molecule has 5 rings (SSSR count). The summed E-state index contributed by atoms with van der Waals surface area (Å²) in [4.78, 5) is 21.3. The number of fused-ring (bicyclic) bond motifs is 1. The zero-order chi connectivity index (χ0) is 21.5. The van der Waals surface area contributed by atoms with E-state index in [9.17, 15) is 4.79 Å². The second-order valence-corrected chi connectivity index (χ2v) is 7.11. The number of anilines is 1. The predicted molar refractivity (Wildman–Crippen MR) is 117 cm³/mol. The van der Waals surface area contributed by atoms with Gasteiger partial charge in [0.25, 0.3) is 5.91 Å². The number of benzene rings is 2. The largest absolute Gasteiger partial charge is 0.395 e. The Morgan fingerprint density at radius 3 is 2.77 bits per heavy atom. The van der Waals surface area contributed by atoms with Crippen molar-refractivity contribution >= 4 is 22.5 Å². The Morgan fingerprint density at radius 1 is 1.13 bits per heavy atom. The lowest BCUT2D eigenvalue weighted by Crippen LogP contribution is -2.18. The third-order valence-corrected chi connectivity index (χ3v) is 5.12. The fourth-order valence-electron chi connectivity index (χ4n) is 3.63. The van der Waals surface area contributed by atoms with E-state index in [1.165, 1.54) is 0 Å². The highest BCUT2D eigenvalue weighted by Gasteiger charge is 2.21. The standard InChI is InChI=1S/C22H18N8O/c1-12-6-7-16-15(11-25-29-16)17(12)19-18(23)20(21(24)31)28-22(27-19)13-4-2-5-14(10-13)30-9-3-8-26-30/h2-11H,23H2,1H3,(H2,24,31)(H,25,29). The molecule has 0 radical (unpaired) electrons. The molecular weight excluding hydrogens is 392 g/mol. The summed E-state index contributed by atoms with van der Waals surface area (Å²) in [7, 11) is 0. The Balaban J connectivity index is 1.77. The highest BCUT2D eigenvalue weighted by molar-refractivity contribution is 6.04. The molecule has 0 aliphatic heterocycles. The van der Waals surface area contributed by atoms with E-state index in [1.807, 2.05) is 55.6 Å². The Bertz CT molecular complexity index is 1440. The van der Waals surface area contributed by atoms with Crippen molar-refractivity contribution in [3.63, 3.8) is 0 Å². The third-order valence-electron chi connectivity index (χ3n) is 5.12. The van der Waals surface area contributed by atoms with Gasteiger partial charge in [-0.25, -0.2) is 14.6 Å². The van der Waals surface area contributed by atoms with Gasteiger partial charge in [-0.2, -0.15) is 10.2 Å². The van der Waals surface area contributed by atoms with Gasteiger partial charge in [-0.1, -0.05) is 18.2 Å². The van der Waals surface area contributed by atoms with Crippen molar-refractivity contribution in [3.8, 4) is 28.3 Å². The third kappa shape index (κ3) is 3.08. The van der Waals surface area contributed by atoms with E-state index < -0.39 is 5.91 Å². The predicted octanol–water partition coefficient (Wildman–Crippen LogP) is 2.86. The first-order valence-electron chi connectivity index (χ1n) is 9.54. The molecule has 0 spiro atoms. The number of aromatic amines is 1. The molecule has 5 N–H and O–H groups in total. The van der Waals surface area contributed by atoms with Gasteiger partial charge < -0.3 is 11.5 Å². The van der Waals surface area contributed by atoms with E-state index in [-0.39, 0.29) is 11.4 Å². The molecule has 9 heteroatoms. The highest BCUT2D eigenvalue weighted by atomic mass is 16.1. The molecule has 0 aliphatic rings. The zero-order valence-corrected chi connectivity index (χ0v) is 16.6. The first kappa shape index (κ1) is 18.5. The van der Waals surface area contributed by atoms with Crippen LogP contribution in [0.3, 0.4) is 0 Å². The van der Waals surface area contributed by atoms with Gasteiger partial charge in [0, 0.05) is 28.9 Å². The summed E-state index contributed by atoms with van der Waals surface area (Å²) in [5, 5.41) is 12.2. The number of aromatic nitrogens is 6. The molecule has 9 nitrogen and oxygen atoms in total. The number of hydrogen-bond acceptors (Lipinski definition) is 6. The lowest BCUT2D eigenvalue weighted by Gasteiger charge is -2.14. The van der Waals surface area contributed by atoms with Gasteiger partial charge >= 0.3 is 0 Å². The van der Waals surface area contributed by atoms with E-state index in [4.69, 9.17) is 16.5 Å². The van der Waals surface area contributed by atoms with Gasteiger partial charge in [0.15, 0.2) is 11.5 Å². The Hall–Kier alpha value is -4.53. The summed E-state index contributed by atoms with van der Waals surface area (Å²) >= 11 is 0. The molecule has 5 aromatic rings. The lowest BCUT2D eigenvalue weighted by molar-refractivity contribution is 0.0996. The van der Waals surface area contributed by atoms with Gasteiger partial charge in [-0.3, -0.25) is 9.89 Å². The van der Waals surface area contributed by atoms with Crippen molar-refractivity contribution in [3.05, 3.63) is 72.3 Å². The molecule has 2 aromatic carbocycles.